The topological polar surface area (TPSA) is 118 Å². The van der Waals surface area contributed by atoms with Crippen molar-refractivity contribution in [1.29, 1.82) is 0 Å². The molecule has 3 atom stereocenters. The van der Waals surface area contributed by atoms with Crippen molar-refractivity contribution in [3.8, 4) is 5.88 Å². The highest BCUT2D eigenvalue weighted by Crippen LogP contribution is 2.72. The second kappa shape index (κ2) is 10.0. The number of benzene rings is 2. The molecule has 9 nitrogen and oxygen atoms in total. The average Bonchev–Trinajstić information content (AvgIpc) is 3.34. The summed E-state index contributed by atoms with van der Waals surface area (Å²) in [7, 11) is 4.86. The van der Waals surface area contributed by atoms with E-state index in [1.807, 2.05) is 53.1 Å². The number of nitrogens with zero attached hydrogens (tertiary/aromatic N) is 4. The van der Waals surface area contributed by atoms with Crippen LogP contribution in [0.2, 0.25) is 0 Å². The molecule has 2 aromatic carbocycles. The molecule has 0 bridgehead atoms. The Morgan fingerprint density at radius 1 is 1.00 bits per heavy atom. The predicted octanol–water partition coefficient (Wildman–Crippen LogP) is 3.50. The van der Waals surface area contributed by atoms with Gasteiger partial charge in [0.25, 0.3) is 0 Å². The van der Waals surface area contributed by atoms with E-state index >= 15 is 0 Å². The van der Waals surface area contributed by atoms with Gasteiger partial charge in [0, 0.05) is 12.5 Å². The lowest BCUT2D eigenvalue weighted by molar-refractivity contribution is -0.274. The van der Waals surface area contributed by atoms with Crippen molar-refractivity contribution in [2.45, 2.75) is 43.7 Å². The quantitative estimate of drug-likeness (QED) is 0.243. The van der Waals surface area contributed by atoms with Crippen molar-refractivity contribution in [1.82, 2.24) is 19.5 Å². The molecule has 0 spiro atoms. The van der Waals surface area contributed by atoms with Gasteiger partial charge >= 0.3 is 0 Å². The SMILES string of the molecule is COCCOc1nc(N)nc2c1ncn2[C@]1(CO[Si])C[C@](c2ccccc2)(C(C)(C)C)[C@]1(O)c1ccccc1. The maximum atomic E-state index is 13.4. The molecule has 203 valence electrons. The first kappa shape index (κ1) is 27.3. The van der Waals surface area contributed by atoms with E-state index in [1.165, 1.54) is 0 Å². The zero-order chi connectivity index (χ0) is 27.9. The smallest absolute Gasteiger partial charge is 0.247 e. The van der Waals surface area contributed by atoms with Gasteiger partial charge in [-0.15, -0.1) is 0 Å². The molecule has 39 heavy (non-hydrogen) atoms. The monoisotopic (exact) mass is 544 g/mol. The van der Waals surface area contributed by atoms with Crippen LogP contribution in [-0.4, -0.2) is 62.0 Å². The number of aromatic nitrogens is 4. The van der Waals surface area contributed by atoms with E-state index in [-0.39, 0.29) is 30.5 Å². The largest absolute Gasteiger partial charge is 0.474 e. The molecule has 1 saturated carbocycles. The van der Waals surface area contributed by atoms with Crippen LogP contribution >= 0.6 is 0 Å². The standard InChI is InChI=1S/C29H34N5O4Si/c1-26(2,3)28(20-11-7-5-8-12-20)17-27(18-38-39,29(28,35)21-13-9-6-10-14-21)34-19-31-22-23(34)32-25(30)33-24(22)37-16-15-36-4/h5-14,19,35H,15-18H2,1-4H3,(H2,30,32,33)/t27-,28-,29-/m0/s1. The molecule has 1 aliphatic rings. The minimum Gasteiger partial charge on any atom is -0.474 e. The van der Waals surface area contributed by atoms with Crippen molar-refractivity contribution >= 4 is 27.6 Å². The number of hydrogen-bond donors (Lipinski definition) is 2. The minimum absolute atomic E-state index is 0.0406. The first-order valence-corrected chi connectivity index (χ1v) is 13.3. The maximum absolute atomic E-state index is 13.4. The number of fused-ring (bicyclic) bond motifs is 1. The molecular formula is C29H34N5O4Si. The van der Waals surface area contributed by atoms with Crippen LogP contribution in [0, 0.1) is 5.41 Å². The van der Waals surface area contributed by atoms with Crippen LogP contribution in [0.15, 0.2) is 67.0 Å². The van der Waals surface area contributed by atoms with E-state index in [4.69, 9.17) is 19.6 Å². The highest BCUT2D eigenvalue weighted by Gasteiger charge is 2.78. The van der Waals surface area contributed by atoms with Crippen molar-refractivity contribution in [3.05, 3.63) is 78.1 Å². The van der Waals surface area contributed by atoms with Crippen LogP contribution < -0.4 is 10.5 Å². The molecule has 0 unspecified atom stereocenters. The molecule has 1 aliphatic carbocycles. The summed E-state index contributed by atoms with van der Waals surface area (Å²) in [4.78, 5) is 13.5. The fourth-order valence-corrected chi connectivity index (χ4v) is 6.82. The van der Waals surface area contributed by atoms with Crippen LogP contribution in [0.3, 0.4) is 0 Å². The summed E-state index contributed by atoms with van der Waals surface area (Å²) < 4.78 is 18.5. The molecule has 5 rings (SSSR count). The van der Waals surface area contributed by atoms with E-state index in [0.717, 1.165) is 11.1 Å². The molecule has 3 N–H and O–H groups in total. The second-order valence-electron chi connectivity index (χ2n) is 11.1. The van der Waals surface area contributed by atoms with Gasteiger partial charge in [-0.25, -0.2) is 4.98 Å². The Morgan fingerprint density at radius 2 is 1.64 bits per heavy atom. The van der Waals surface area contributed by atoms with E-state index in [1.54, 1.807) is 13.4 Å². The molecule has 0 amide bonds. The number of ether oxygens (including phenoxy) is 2. The van der Waals surface area contributed by atoms with Crippen molar-refractivity contribution in [2.24, 2.45) is 5.41 Å². The summed E-state index contributed by atoms with van der Waals surface area (Å²) in [6, 6.07) is 19.9. The number of rotatable bonds is 9. The van der Waals surface area contributed by atoms with Crippen molar-refractivity contribution in [3.63, 3.8) is 0 Å². The zero-order valence-electron chi connectivity index (χ0n) is 22.7. The third-order valence-corrected chi connectivity index (χ3v) is 8.41. The first-order chi connectivity index (χ1) is 18.7. The third kappa shape index (κ3) is 3.88. The Labute approximate surface area is 231 Å². The Kier molecular flexibility index (Phi) is 7.00. The first-order valence-electron chi connectivity index (χ1n) is 12.9. The minimum atomic E-state index is -1.46. The number of hydrogen-bond acceptors (Lipinski definition) is 8. The number of nitrogen functional groups attached to an aromatic ring is 1. The molecule has 1 fully saturated rings. The van der Waals surface area contributed by atoms with Crippen LogP contribution in [0.1, 0.15) is 38.3 Å². The van der Waals surface area contributed by atoms with Crippen LogP contribution in [-0.2, 0) is 25.7 Å². The van der Waals surface area contributed by atoms with Gasteiger partial charge in [0.05, 0.1) is 19.5 Å². The van der Waals surface area contributed by atoms with Gasteiger partial charge in [0.2, 0.25) is 22.3 Å². The van der Waals surface area contributed by atoms with Crippen molar-refractivity contribution in [2.75, 3.05) is 32.7 Å². The number of anilines is 1. The van der Waals surface area contributed by atoms with Gasteiger partial charge in [0.15, 0.2) is 11.2 Å². The Hall–Kier alpha value is -3.31. The van der Waals surface area contributed by atoms with Crippen LogP contribution in [0.25, 0.3) is 11.2 Å². The zero-order valence-corrected chi connectivity index (χ0v) is 23.7. The molecule has 0 aliphatic heterocycles. The molecule has 10 heteroatoms. The summed E-state index contributed by atoms with van der Waals surface area (Å²) in [5, 5.41) is 13.4. The van der Waals surface area contributed by atoms with Gasteiger partial charge in [-0.05, 0) is 23.0 Å². The van der Waals surface area contributed by atoms with Gasteiger partial charge in [0.1, 0.15) is 17.7 Å². The fraction of sp³-hybridized carbons (Fsp3) is 0.414. The van der Waals surface area contributed by atoms with Gasteiger partial charge < -0.3 is 29.3 Å². The Morgan fingerprint density at radius 3 is 2.23 bits per heavy atom. The summed E-state index contributed by atoms with van der Waals surface area (Å²) in [5.41, 5.74) is 5.27. The lowest BCUT2D eigenvalue weighted by Crippen LogP contribution is -2.80. The highest BCUT2D eigenvalue weighted by molar-refractivity contribution is 5.98. The van der Waals surface area contributed by atoms with E-state index in [2.05, 4.69) is 58.3 Å². The number of nitrogens with two attached hydrogens (primary N) is 1. The normalized spacial score (nSPS) is 25.0. The van der Waals surface area contributed by atoms with Gasteiger partial charge in [-0.3, -0.25) is 0 Å². The Balaban J connectivity index is 1.80. The summed E-state index contributed by atoms with van der Waals surface area (Å²) in [5.74, 6) is 0.300. The van der Waals surface area contributed by atoms with E-state index < -0.39 is 16.6 Å². The fourth-order valence-electron chi connectivity index (χ4n) is 6.58. The van der Waals surface area contributed by atoms with Gasteiger partial charge in [-0.1, -0.05) is 81.4 Å². The predicted molar refractivity (Wildman–Crippen MR) is 149 cm³/mol. The van der Waals surface area contributed by atoms with Gasteiger partial charge in [-0.2, -0.15) is 9.97 Å². The lowest BCUT2D eigenvalue weighted by atomic mass is 9.35. The summed E-state index contributed by atoms with van der Waals surface area (Å²) >= 11 is 0. The molecule has 0 saturated heterocycles. The molecule has 4 aromatic rings. The number of imidazole rings is 1. The van der Waals surface area contributed by atoms with Crippen molar-refractivity contribution < 1.29 is 19.0 Å². The Bertz CT molecular complexity index is 1440. The average molecular weight is 545 g/mol. The third-order valence-electron chi connectivity index (χ3n) is 8.27. The maximum Gasteiger partial charge on any atom is 0.247 e. The van der Waals surface area contributed by atoms with Crippen LogP contribution in [0.5, 0.6) is 5.88 Å². The van der Waals surface area contributed by atoms with E-state index in [9.17, 15) is 5.11 Å². The molecule has 2 aromatic heterocycles. The summed E-state index contributed by atoms with van der Waals surface area (Å²) in [6.45, 7) is 7.28. The number of methoxy groups -OCH3 is 1. The molecular weight excluding hydrogens is 510 g/mol. The van der Waals surface area contributed by atoms with E-state index in [0.29, 0.717) is 24.2 Å². The molecule has 2 heterocycles. The highest BCUT2D eigenvalue weighted by atomic mass is 28.2. The van der Waals surface area contributed by atoms with Crippen LogP contribution in [0.4, 0.5) is 5.95 Å². The second-order valence-corrected chi connectivity index (χ2v) is 11.4. The molecule has 3 radical (unpaired) electrons. The number of aliphatic hydroxyl groups is 1. The summed E-state index contributed by atoms with van der Waals surface area (Å²) in [6.07, 6.45) is 2.19. The lowest BCUT2D eigenvalue weighted by Gasteiger charge is -2.73.